The lowest BCUT2D eigenvalue weighted by atomic mass is 9.98. The average Bonchev–Trinajstić information content (AvgIpc) is 3.37. The predicted molar refractivity (Wildman–Crippen MR) is 113 cm³/mol. The third-order valence-corrected chi connectivity index (χ3v) is 6.26. The summed E-state index contributed by atoms with van der Waals surface area (Å²) < 4.78 is 17.8. The molecule has 4 heterocycles. The number of pyridine rings is 1. The van der Waals surface area contributed by atoms with Gasteiger partial charge in [0.1, 0.15) is 11.9 Å². The molecule has 0 amide bonds. The Morgan fingerprint density at radius 1 is 1.13 bits per heavy atom. The van der Waals surface area contributed by atoms with Gasteiger partial charge in [-0.1, -0.05) is 21.1 Å². The molecular formula is C21H20BrN5O3. The van der Waals surface area contributed by atoms with Gasteiger partial charge in [-0.2, -0.15) is 10.2 Å². The fraction of sp³-hybridized carbons (Fsp3) is 0.429. The molecule has 8 nitrogen and oxygen atoms in total. The molecule has 1 spiro atoms. The van der Waals surface area contributed by atoms with Crippen molar-refractivity contribution in [3.63, 3.8) is 0 Å². The molecule has 0 unspecified atom stereocenters. The van der Waals surface area contributed by atoms with Gasteiger partial charge in [-0.3, -0.25) is 0 Å². The van der Waals surface area contributed by atoms with E-state index in [4.69, 9.17) is 19.0 Å². The van der Waals surface area contributed by atoms with Gasteiger partial charge >= 0.3 is 0 Å². The van der Waals surface area contributed by atoms with E-state index in [1.165, 1.54) is 0 Å². The number of aromatic nitrogens is 3. The summed E-state index contributed by atoms with van der Waals surface area (Å²) in [6, 6.07) is 6.04. The van der Waals surface area contributed by atoms with Crippen LogP contribution in [0.1, 0.15) is 29.9 Å². The lowest BCUT2D eigenvalue weighted by Gasteiger charge is -2.38. The molecular weight excluding hydrogens is 450 g/mol. The molecule has 0 saturated carbocycles. The van der Waals surface area contributed by atoms with Gasteiger partial charge in [0.25, 0.3) is 0 Å². The fourth-order valence-corrected chi connectivity index (χ4v) is 4.76. The second kappa shape index (κ2) is 7.30. The molecule has 2 aromatic heterocycles. The van der Waals surface area contributed by atoms with Crippen LogP contribution in [0, 0.1) is 25.2 Å². The van der Waals surface area contributed by atoms with Crippen molar-refractivity contribution in [3.05, 3.63) is 33.6 Å². The van der Waals surface area contributed by atoms with Crippen LogP contribution in [0.15, 0.2) is 21.1 Å². The van der Waals surface area contributed by atoms with Gasteiger partial charge in [0.2, 0.25) is 11.7 Å². The van der Waals surface area contributed by atoms with Crippen molar-refractivity contribution in [2.24, 2.45) is 0 Å². The molecule has 0 bridgehead atoms. The number of anilines is 1. The first-order valence-corrected chi connectivity index (χ1v) is 10.7. The van der Waals surface area contributed by atoms with Gasteiger partial charge < -0.3 is 18.9 Å². The van der Waals surface area contributed by atoms with Gasteiger partial charge in [-0.15, -0.1) is 0 Å². The average molecular weight is 470 g/mol. The van der Waals surface area contributed by atoms with Crippen molar-refractivity contribution in [1.82, 2.24) is 15.1 Å². The number of benzene rings is 1. The first kappa shape index (κ1) is 19.4. The van der Waals surface area contributed by atoms with Crippen LogP contribution in [0.5, 0.6) is 0 Å². The zero-order valence-corrected chi connectivity index (χ0v) is 18.3. The monoisotopic (exact) mass is 469 g/mol. The van der Waals surface area contributed by atoms with E-state index >= 15 is 0 Å². The molecule has 9 heteroatoms. The molecule has 0 atom stereocenters. The molecule has 1 aromatic carbocycles. The second-order valence-electron chi connectivity index (χ2n) is 7.63. The highest BCUT2D eigenvalue weighted by Crippen LogP contribution is 2.40. The first-order chi connectivity index (χ1) is 14.5. The van der Waals surface area contributed by atoms with Crippen molar-refractivity contribution < 1.29 is 14.0 Å². The van der Waals surface area contributed by atoms with Crippen LogP contribution >= 0.6 is 15.9 Å². The summed E-state index contributed by atoms with van der Waals surface area (Å²) in [6.45, 7) is 6.50. The number of ether oxygens (including phenoxy) is 2. The SMILES string of the molecule is Cc1nc(-c2c(N3CCC4(CC3)OCCO4)nc3c(C#N)cc(Br)cc3c2C)no1. The quantitative estimate of drug-likeness (QED) is 0.557. The van der Waals surface area contributed by atoms with E-state index in [1.54, 1.807) is 13.0 Å². The number of halogens is 1. The van der Waals surface area contributed by atoms with E-state index in [1.807, 2.05) is 13.0 Å². The lowest BCUT2D eigenvalue weighted by Crippen LogP contribution is -2.45. The number of aryl methyl sites for hydroxylation is 2. The minimum atomic E-state index is -0.478. The normalized spacial score (nSPS) is 18.3. The molecule has 2 aliphatic rings. The molecule has 2 aliphatic heterocycles. The summed E-state index contributed by atoms with van der Waals surface area (Å²) in [6.07, 6.45) is 1.50. The van der Waals surface area contributed by atoms with Crippen LogP contribution < -0.4 is 4.90 Å². The number of fused-ring (bicyclic) bond motifs is 1. The van der Waals surface area contributed by atoms with E-state index in [9.17, 15) is 5.26 Å². The van der Waals surface area contributed by atoms with Crippen LogP contribution in [0.2, 0.25) is 0 Å². The van der Waals surface area contributed by atoms with Crippen LogP contribution in [0.3, 0.4) is 0 Å². The number of nitriles is 1. The third-order valence-electron chi connectivity index (χ3n) is 5.80. The Balaban J connectivity index is 1.67. The molecule has 0 N–H and O–H groups in total. The minimum absolute atomic E-state index is 0.478. The summed E-state index contributed by atoms with van der Waals surface area (Å²) in [4.78, 5) is 11.6. The number of hydrogen-bond donors (Lipinski definition) is 0. The summed E-state index contributed by atoms with van der Waals surface area (Å²) in [7, 11) is 0. The maximum atomic E-state index is 9.68. The molecule has 30 heavy (non-hydrogen) atoms. The van der Waals surface area contributed by atoms with E-state index in [2.05, 4.69) is 37.0 Å². The Kier molecular flexibility index (Phi) is 4.73. The third kappa shape index (κ3) is 3.16. The predicted octanol–water partition coefficient (Wildman–Crippen LogP) is 3.88. The zero-order chi connectivity index (χ0) is 20.9. The van der Waals surface area contributed by atoms with Crippen LogP contribution in [-0.2, 0) is 9.47 Å². The molecule has 5 rings (SSSR count). The maximum absolute atomic E-state index is 9.68. The number of nitrogens with zero attached hydrogens (tertiary/aromatic N) is 5. The van der Waals surface area contributed by atoms with E-state index < -0.39 is 5.79 Å². The Hall–Kier alpha value is -2.54. The Bertz CT molecular complexity index is 1170. The van der Waals surface area contributed by atoms with E-state index in [0.29, 0.717) is 36.0 Å². The standard InChI is InChI=1S/C21H20BrN5O3/c1-12-16-10-15(22)9-14(11-23)18(16)25-20(17(12)19-24-13(2)30-26-19)27-5-3-21(4-6-27)28-7-8-29-21/h9-10H,3-8H2,1-2H3. The van der Waals surface area contributed by atoms with Gasteiger partial charge in [0.15, 0.2) is 5.79 Å². The van der Waals surface area contributed by atoms with Crippen LogP contribution in [0.4, 0.5) is 5.82 Å². The van der Waals surface area contributed by atoms with Gasteiger partial charge in [0.05, 0.1) is 29.9 Å². The number of hydrogen-bond acceptors (Lipinski definition) is 8. The number of rotatable bonds is 2. The van der Waals surface area contributed by atoms with Crippen molar-refractivity contribution >= 4 is 32.7 Å². The molecule has 154 valence electrons. The lowest BCUT2D eigenvalue weighted by molar-refractivity contribution is -0.169. The van der Waals surface area contributed by atoms with E-state index in [0.717, 1.165) is 52.7 Å². The maximum Gasteiger partial charge on any atom is 0.223 e. The summed E-state index contributed by atoms with van der Waals surface area (Å²) in [5.74, 6) is 1.27. The molecule has 3 aromatic rings. The van der Waals surface area contributed by atoms with Gasteiger partial charge in [-0.05, 0) is 24.6 Å². The molecule has 2 saturated heterocycles. The summed E-state index contributed by atoms with van der Waals surface area (Å²) >= 11 is 3.51. The Morgan fingerprint density at radius 3 is 2.50 bits per heavy atom. The second-order valence-corrected chi connectivity index (χ2v) is 8.54. The summed E-state index contributed by atoms with van der Waals surface area (Å²) in [5.41, 5.74) is 2.98. The topological polar surface area (TPSA) is 97.3 Å². The molecule has 0 aliphatic carbocycles. The highest BCUT2D eigenvalue weighted by Gasteiger charge is 2.40. The molecule has 2 fully saturated rings. The molecule has 0 radical (unpaired) electrons. The van der Waals surface area contributed by atoms with Crippen molar-refractivity contribution in [3.8, 4) is 17.5 Å². The van der Waals surface area contributed by atoms with Gasteiger partial charge in [0, 0.05) is 42.7 Å². The van der Waals surface area contributed by atoms with Crippen LogP contribution in [0.25, 0.3) is 22.3 Å². The van der Waals surface area contributed by atoms with Crippen molar-refractivity contribution in [1.29, 1.82) is 5.26 Å². The van der Waals surface area contributed by atoms with Crippen molar-refractivity contribution in [2.45, 2.75) is 32.5 Å². The highest BCUT2D eigenvalue weighted by atomic mass is 79.9. The minimum Gasteiger partial charge on any atom is -0.356 e. The van der Waals surface area contributed by atoms with E-state index in [-0.39, 0.29) is 0 Å². The Labute approximate surface area is 181 Å². The van der Waals surface area contributed by atoms with Crippen molar-refractivity contribution in [2.75, 3.05) is 31.2 Å². The highest BCUT2D eigenvalue weighted by molar-refractivity contribution is 9.10. The largest absolute Gasteiger partial charge is 0.356 e. The van der Waals surface area contributed by atoms with Gasteiger partial charge in [-0.25, -0.2) is 4.98 Å². The number of piperidine rings is 1. The first-order valence-electron chi connectivity index (χ1n) is 9.87. The van der Waals surface area contributed by atoms with Crippen LogP contribution in [-0.4, -0.2) is 47.2 Å². The fourth-order valence-electron chi connectivity index (χ4n) is 4.30. The zero-order valence-electron chi connectivity index (χ0n) is 16.7. The smallest absolute Gasteiger partial charge is 0.223 e. The summed E-state index contributed by atoms with van der Waals surface area (Å²) in [5, 5.41) is 14.7. The Morgan fingerprint density at radius 2 is 1.87 bits per heavy atom.